The van der Waals surface area contributed by atoms with Gasteiger partial charge in [0.2, 0.25) is 0 Å². The molecule has 0 aliphatic rings. The lowest BCUT2D eigenvalue weighted by atomic mass is 10.1. The molecule has 0 unspecified atom stereocenters. The Bertz CT molecular complexity index is 310. The fourth-order valence-electron chi connectivity index (χ4n) is 1.14. The Kier molecular flexibility index (Phi) is 4.53. The van der Waals surface area contributed by atoms with Crippen LogP contribution < -0.4 is 4.74 Å². The van der Waals surface area contributed by atoms with Gasteiger partial charge in [0.05, 0.1) is 12.4 Å². The summed E-state index contributed by atoms with van der Waals surface area (Å²) in [5.41, 5.74) is 0.727. The third-order valence-corrected chi connectivity index (χ3v) is 2.29. The minimum Gasteiger partial charge on any atom is -0.494 e. The Morgan fingerprint density at radius 3 is 2.93 bits per heavy atom. The largest absolute Gasteiger partial charge is 0.494 e. The van der Waals surface area contributed by atoms with Crippen molar-refractivity contribution in [1.29, 1.82) is 0 Å². The standard InChI is InChI=1S/C11H14O2S/c1-3-13-10-6-4-5-9(7-10)11(12)8-14-2/h4-7H,3,8H2,1-2H3. The van der Waals surface area contributed by atoms with Crippen LogP contribution in [-0.4, -0.2) is 24.4 Å². The third kappa shape index (κ3) is 3.07. The second kappa shape index (κ2) is 5.70. The number of hydrogen-bond donors (Lipinski definition) is 0. The minimum atomic E-state index is 0.152. The molecular formula is C11H14O2S. The van der Waals surface area contributed by atoms with E-state index in [1.54, 1.807) is 6.07 Å². The van der Waals surface area contributed by atoms with Crippen molar-refractivity contribution >= 4 is 17.5 Å². The molecule has 3 heteroatoms. The van der Waals surface area contributed by atoms with Crippen LogP contribution in [-0.2, 0) is 0 Å². The molecule has 2 nitrogen and oxygen atoms in total. The van der Waals surface area contributed by atoms with E-state index in [1.807, 2.05) is 31.4 Å². The topological polar surface area (TPSA) is 26.3 Å². The zero-order chi connectivity index (χ0) is 10.4. The van der Waals surface area contributed by atoms with Gasteiger partial charge in [0, 0.05) is 5.56 Å². The van der Waals surface area contributed by atoms with Crippen LogP contribution in [0.1, 0.15) is 17.3 Å². The second-order valence-corrected chi connectivity index (χ2v) is 3.68. The van der Waals surface area contributed by atoms with E-state index in [-0.39, 0.29) is 5.78 Å². The molecule has 0 spiro atoms. The molecule has 0 radical (unpaired) electrons. The fraction of sp³-hybridized carbons (Fsp3) is 0.364. The predicted molar refractivity (Wildman–Crippen MR) is 60.3 cm³/mol. The summed E-state index contributed by atoms with van der Waals surface area (Å²) in [5.74, 6) is 1.44. The number of Topliss-reactive ketones (excluding diaryl/α,β-unsaturated/α-hetero) is 1. The van der Waals surface area contributed by atoms with E-state index in [4.69, 9.17) is 4.74 Å². The van der Waals surface area contributed by atoms with Crippen LogP contribution in [0.4, 0.5) is 0 Å². The van der Waals surface area contributed by atoms with Gasteiger partial charge in [0.15, 0.2) is 5.78 Å². The molecule has 0 heterocycles. The van der Waals surface area contributed by atoms with E-state index in [2.05, 4.69) is 0 Å². The smallest absolute Gasteiger partial charge is 0.172 e. The highest BCUT2D eigenvalue weighted by molar-refractivity contribution is 7.99. The van der Waals surface area contributed by atoms with E-state index in [0.29, 0.717) is 12.4 Å². The van der Waals surface area contributed by atoms with Crippen LogP contribution >= 0.6 is 11.8 Å². The van der Waals surface area contributed by atoms with Gasteiger partial charge < -0.3 is 4.74 Å². The molecule has 1 rings (SSSR count). The lowest BCUT2D eigenvalue weighted by Crippen LogP contribution is -2.02. The van der Waals surface area contributed by atoms with Crippen LogP contribution in [0.2, 0.25) is 0 Å². The van der Waals surface area contributed by atoms with Crippen molar-refractivity contribution in [2.75, 3.05) is 18.6 Å². The third-order valence-electron chi connectivity index (χ3n) is 1.74. The van der Waals surface area contributed by atoms with Gasteiger partial charge in [-0.1, -0.05) is 12.1 Å². The summed E-state index contributed by atoms with van der Waals surface area (Å²) < 4.78 is 5.32. The normalized spacial score (nSPS) is 9.86. The van der Waals surface area contributed by atoms with Gasteiger partial charge in [-0.3, -0.25) is 4.79 Å². The first-order valence-corrected chi connectivity index (χ1v) is 5.92. The molecule has 1 aromatic carbocycles. The molecule has 0 aliphatic heterocycles. The van der Waals surface area contributed by atoms with Gasteiger partial charge in [-0.15, -0.1) is 0 Å². The number of ketones is 1. The van der Waals surface area contributed by atoms with E-state index in [0.717, 1.165) is 11.3 Å². The number of rotatable bonds is 5. The average Bonchev–Trinajstić information content (AvgIpc) is 2.19. The molecule has 0 fully saturated rings. The van der Waals surface area contributed by atoms with Crippen molar-refractivity contribution in [3.8, 4) is 5.75 Å². The Morgan fingerprint density at radius 2 is 2.29 bits per heavy atom. The van der Waals surface area contributed by atoms with Gasteiger partial charge >= 0.3 is 0 Å². The molecule has 0 atom stereocenters. The molecule has 14 heavy (non-hydrogen) atoms. The highest BCUT2D eigenvalue weighted by atomic mass is 32.2. The van der Waals surface area contributed by atoms with Gasteiger partial charge in [0.1, 0.15) is 5.75 Å². The number of thioether (sulfide) groups is 1. The number of carbonyl (C=O) groups is 1. The van der Waals surface area contributed by atoms with Crippen molar-refractivity contribution in [3.63, 3.8) is 0 Å². The molecule has 0 N–H and O–H groups in total. The number of carbonyl (C=O) groups excluding carboxylic acids is 1. The van der Waals surface area contributed by atoms with E-state index < -0.39 is 0 Å². The summed E-state index contributed by atoms with van der Waals surface area (Å²) in [6, 6.07) is 7.32. The van der Waals surface area contributed by atoms with Gasteiger partial charge in [-0.05, 0) is 25.3 Å². The Balaban J connectivity index is 2.77. The van der Waals surface area contributed by atoms with Crippen molar-refractivity contribution in [3.05, 3.63) is 29.8 Å². The molecular weight excluding hydrogens is 196 g/mol. The second-order valence-electron chi connectivity index (χ2n) is 2.82. The first kappa shape index (κ1) is 11.1. The van der Waals surface area contributed by atoms with Gasteiger partial charge in [-0.25, -0.2) is 0 Å². The van der Waals surface area contributed by atoms with Crippen LogP contribution in [0, 0.1) is 0 Å². The zero-order valence-corrected chi connectivity index (χ0v) is 9.26. The van der Waals surface area contributed by atoms with Crippen LogP contribution in [0.3, 0.4) is 0 Å². The maximum absolute atomic E-state index is 11.5. The summed E-state index contributed by atoms with van der Waals surface area (Å²) in [7, 11) is 0. The van der Waals surface area contributed by atoms with Crippen molar-refractivity contribution < 1.29 is 9.53 Å². The maximum Gasteiger partial charge on any atom is 0.172 e. The molecule has 76 valence electrons. The molecule has 1 aromatic rings. The first-order chi connectivity index (χ1) is 6.77. The summed E-state index contributed by atoms with van der Waals surface area (Å²) in [6.07, 6.45) is 1.92. The number of benzene rings is 1. The van der Waals surface area contributed by atoms with E-state index >= 15 is 0 Å². The van der Waals surface area contributed by atoms with Crippen molar-refractivity contribution in [2.24, 2.45) is 0 Å². The van der Waals surface area contributed by atoms with Crippen molar-refractivity contribution in [2.45, 2.75) is 6.92 Å². The highest BCUT2D eigenvalue weighted by Gasteiger charge is 2.05. The summed E-state index contributed by atoms with van der Waals surface area (Å²) >= 11 is 1.53. The minimum absolute atomic E-state index is 0.152. The molecule has 0 aromatic heterocycles. The van der Waals surface area contributed by atoms with Crippen LogP contribution in [0.25, 0.3) is 0 Å². The van der Waals surface area contributed by atoms with Gasteiger partial charge in [-0.2, -0.15) is 11.8 Å². The Labute approximate surface area is 88.7 Å². The van der Waals surface area contributed by atoms with Crippen molar-refractivity contribution in [1.82, 2.24) is 0 Å². The number of hydrogen-bond acceptors (Lipinski definition) is 3. The molecule has 0 saturated carbocycles. The number of ether oxygens (including phenoxy) is 1. The average molecular weight is 210 g/mol. The lowest BCUT2D eigenvalue weighted by Gasteiger charge is -2.04. The SMILES string of the molecule is CCOc1cccc(C(=O)CSC)c1. The fourth-order valence-corrected chi connectivity index (χ4v) is 1.57. The Morgan fingerprint density at radius 1 is 1.50 bits per heavy atom. The van der Waals surface area contributed by atoms with Crippen LogP contribution in [0.5, 0.6) is 5.75 Å². The van der Waals surface area contributed by atoms with E-state index in [1.165, 1.54) is 11.8 Å². The lowest BCUT2D eigenvalue weighted by molar-refractivity contribution is 0.102. The summed E-state index contributed by atoms with van der Waals surface area (Å²) in [4.78, 5) is 11.5. The molecule has 0 saturated heterocycles. The van der Waals surface area contributed by atoms with Crippen LogP contribution in [0.15, 0.2) is 24.3 Å². The van der Waals surface area contributed by atoms with E-state index in [9.17, 15) is 4.79 Å². The maximum atomic E-state index is 11.5. The molecule has 0 aliphatic carbocycles. The molecule has 0 bridgehead atoms. The zero-order valence-electron chi connectivity index (χ0n) is 8.45. The predicted octanol–water partition coefficient (Wildman–Crippen LogP) is 2.63. The van der Waals surface area contributed by atoms with Gasteiger partial charge in [0.25, 0.3) is 0 Å². The monoisotopic (exact) mass is 210 g/mol. The molecule has 0 amide bonds. The highest BCUT2D eigenvalue weighted by Crippen LogP contribution is 2.14. The first-order valence-electron chi connectivity index (χ1n) is 4.53. The quantitative estimate of drug-likeness (QED) is 0.699. The Hall–Kier alpha value is -0.960. The summed E-state index contributed by atoms with van der Waals surface area (Å²) in [6.45, 7) is 2.55. The summed E-state index contributed by atoms with van der Waals surface area (Å²) in [5, 5.41) is 0.